The van der Waals surface area contributed by atoms with E-state index >= 15 is 0 Å². The predicted molar refractivity (Wildman–Crippen MR) is 92.4 cm³/mol. The van der Waals surface area contributed by atoms with Crippen molar-refractivity contribution in [3.63, 3.8) is 0 Å². The minimum Gasteiger partial charge on any atom is -0.370 e. The zero-order valence-corrected chi connectivity index (χ0v) is 13.9. The zero-order valence-electron chi connectivity index (χ0n) is 12.4. The molecule has 0 spiro atoms. The third kappa shape index (κ3) is 4.63. The molecule has 2 nitrogen and oxygen atoms in total. The first-order chi connectivity index (χ1) is 10.1. The molecule has 2 aromatic carbocycles. The summed E-state index contributed by atoms with van der Waals surface area (Å²) in [5.41, 5.74) is 3.45. The van der Waals surface area contributed by atoms with Crippen LogP contribution in [-0.2, 0) is 13.1 Å². The van der Waals surface area contributed by atoms with Crippen LogP contribution in [0.2, 0.25) is 10.0 Å². The SMILES string of the molecule is CCNCc1ccc(N(C)Cc2ccc(Cl)cc2)cc1Cl. The lowest BCUT2D eigenvalue weighted by Gasteiger charge is -2.20. The Morgan fingerprint density at radius 1 is 1.05 bits per heavy atom. The maximum atomic E-state index is 6.35. The van der Waals surface area contributed by atoms with Crippen molar-refractivity contribution in [1.82, 2.24) is 5.32 Å². The number of halogens is 2. The third-order valence-electron chi connectivity index (χ3n) is 3.38. The van der Waals surface area contributed by atoms with Gasteiger partial charge in [0.1, 0.15) is 0 Å². The second-order valence-electron chi connectivity index (χ2n) is 5.04. The number of nitrogens with zero attached hydrogens (tertiary/aromatic N) is 1. The van der Waals surface area contributed by atoms with Crippen molar-refractivity contribution >= 4 is 28.9 Å². The average molecular weight is 323 g/mol. The maximum absolute atomic E-state index is 6.35. The fourth-order valence-electron chi connectivity index (χ4n) is 2.13. The third-order valence-corrected chi connectivity index (χ3v) is 3.98. The van der Waals surface area contributed by atoms with Gasteiger partial charge in [-0.15, -0.1) is 0 Å². The summed E-state index contributed by atoms with van der Waals surface area (Å²) in [4.78, 5) is 2.17. The monoisotopic (exact) mass is 322 g/mol. The fourth-order valence-corrected chi connectivity index (χ4v) is 2.50. The lowest BCUT2D eigenvalue weighted by atomic mass is 10.1. The molecule has 0 heterocycles. The number of nitrogens with one attached hydrogen (secondary N) is 1. The van der Waals surface area contributed by atoms with E-state index in [4.69, 9.17) is 23.2 Å². The lowest BCUT2D eigenvalue weighted by molar-refractivity contribution is 0.727. The molecule has 0 unspecified atom stereocenters. The van der Waals surface area contributed by atoms with Gasteiger partial charge in [0.15, 0.2) is 0 Å². The van der Waals surface area contributed by atoms with Crippen molar-refractivity contribution in [2.75, 3.05) is 18.5 Å². The number of benzene rings is 2. The molecule has 21 heavy (non-hydrogen) atoms. The molecule has 0 saturated carbocycles. The Kier molecular flexibility index (Phi) is 5.92. The standard InChI is InChI=1S/C17H20Cl2N2/c1-3-20-11-14-6-9-16(10-17(14)19)21(2)12-13-4-7-15(18)8-5-13/h4-10,20H,3,11-12H2,1-2H3. The Morgan fingerprint density at radius 2 is 1.76 bits per heavy atom. The van der Waals surface area contributed by atoms with Crippen LogP contribution in [0.3, 0.4) is 0 Å². The van der Waals surface area contributed by atoms with E-state index in [1.807, 2.05) is 30.3 Å². The lowest BCUT2D eigenvalue weighted by Crippen LogP contribution is -2.17. The van der Waals surface area contributed by atoms with Gasteiger partial charge >= 0.3 is 0 Å². The van der Waals surface area contributed by atoms with Gasteiger partial charge in [0.2, 0.25) is 0 Å². The summed E-state index contributed by atoms with van der Waals surface area (Å²) in [6.45, 7) is 4.65. The Bertz CT molecular complexity index is 582. The van der Waals surface area contributed by atoms with Crippen LogP contribution >= 0.6 is 23.2 Å². The molecule has 0 saturated heterocycles. The highest BCUT2D eigenvalue weighted by Gasteiger charge is 2.06. The van der Waals surface area contributed by atoms with Gasteiger partial charge in [-0.05, 0) is 41.9 Å². The van der Waals surface area contributed by atoms with Crippen molar-refractivity contribution in [1.29, 1.82) is 0 Å². The maximum Gasteiger partial charge on any atom is 0.0471 e. The molecule has 4 heteroatoms. The molecular formula is C17H20Cl2N2. The van der Waals surface area contributed by atoms with E-state index in [1.165, 1.54) is 5.56 Å². The van der Waals surface area contributed by atoms with Crippen LogP contribution in [0.25, 0.3) is 0 Å². The molecule has 0 bridgehead atoms. The molecule has 0 aliphatic rings. The molecule has 0 fully saturated rings. The molecule has 0 radical (unpaired) electrons. The van der Waals surface area contributed by atoms with Gasteiger partial charge in [0.25, 0.3) is 0 Å². The Balaban J connectivity index is 2.06. The number of anilines is 1. The molecule has 0 atom stereocenters. The molecule has 0 amide bonds. The van der Waals surface area contributed by atoms with Crippen LogP contribution in [0, 0.1) is 0 Å². The van der Waals surface area contributed by atoms with Crippen molar-refractivity contribution in [3.8, 4) is 0 Å². The van der Waals surface area contributed by atoms with Crippen LogP contribution in [0.5, 0.6) is 0 Å². The first-order valence-electron chi connectivity index (χ1n) is 7.05. The van der Waals surface area contributed by atoms with Gasteiger partial charge < -0.3 is 10.2 Å². The molecule has 2 aromatic rings. The Labute approximate surface area is 136 Å². The number of rotatable bonds is 6. The normalized spacial score (nSPS) is 10.7. The van der Waals surface area contributed by atoms with Crippen molar-refractivity contribution in [3.05, 3.63) is 63.6 Å². The van der Waals surface area contributed by atoms with Crippen LogP contribution < -0.4 is 10.2 Å². The summed E-state index contributed by atoms with van der Waals surface area (Å²) >= 11 is 12.3. The van der Waals surface area contributed by atoms with Crippen LogP contribution in [0.4, 0.5) is 5.69 Å². The van der Waals surface area contributed by atoms with E-state index in [0.29, 0.717) is 0 Å². The van der Waals surface area contributed by atoms with Gasteiger partial charge in [-0.2, -0.15) is 0 Å². The second kappa shape index (κ2) is 7.69. The second-order valence-corrected chi connectivity index (χ2v) is 5.88. The quantitative estimate of drug-likeness (QED) is 0.826. The van der Waals surface area contributed by atoms with E-state index in [-0.39, 0.29) is 0 Å². The summed E-state index contributed by atoms with van der Waals surface area (Å²) in [6, 6.07) is 14.1. The number of hydrogen-bond donors (Lipinski definition) is 1. The molecular weight excluding hydrogens is 303 g/mol. The van der Waals surface area contributed by atoms with Crippen molar-refractivity contribution in [2.24, 2.45) is 0 Å². The van der Waals surface area contributed by atoms with Gasteiger partial charge in [-0.1, -0.05) is 48.3 Å². The minimum atomic E-state index is 0.761. The summed E-state index contributed by atoms with van der Waals surface area (Å²) < 4.78 is 0. The fraction of sp³-hybridized carbons (Fsp3) is 0.294. The van der Waals surface area contributed by atoms with Gasteiger partial charge in [-0.25, -0.2) is 0 Å². The average Bonchev–Trinajstić information content (AvgIpc) is 2.48. The predicted octanol–water partition coefficient (Wildman–Crippen LogP) is 4.74. The highest BCUT2D eigenvalue weighted by atomic mass is 35.5. The van der Waals surface area contributed by atoms with E-state index in [1.54, 1.807) is 0 Å². The Morgan fingerprint density at radius 3 is 2.38 bits per heavy atom. The van der Waals surface area contributed by atoms with E-state index in [0.717, 1.165) is 40.9 Å². The zero-order chi connectivity index (χ0) is 15.2. The van der Waals surface area contributed by atoms with Gasteiger partial charge in [-0.3, -0.25) is 0 Å². The van der Waals surface area contributed by atoms with E-state index in [2.05, 4.69) is 36.3 Å². The van der Waals surface area contributed by atoms with Crippen LogP contribution in [0.1, 0.15) is 18.1 Å². The molecule has 112 valence electrons. The first kappa shape index (κ1) is 16.2. The van der Waals surface area contributed by atoms with Crippen molar-refractivity contribution in [2.45, 2.75) is 20.0 Å². The molecule has 2 rings (SSSR count). The van der Waals surface area contributed by atoms with Gasteiger partial charge in [0.05, 0.1) is 0 Å². The highest BCUT2D eigenvalue weighted by Crippen LogP contribution is 2.24. The van der Waals surface area contributed by atoms with E-state index < -0.39 is 0 Å². The van der Waals surface area contributed by atoms with Gasteiger partial charge in [0, 0.05) is 35.9 Å². The summed E-state index contributed by atoms with van der Waals surface area (Å²) in [5, 5.41) is 4.85. The van der Waals surface area contributed by atoms with E-state index in [9.17, 15) is 0 Å². The highest BCUT2D eigenvalue weighted by molar-refractivity contribution is 6.31. The molecule has 0 aromatic heterocycles. The van der Waals surface area contributed by atoms with Crippen LogP contribution in [0.15, 0.2) is 42.5 Å². The molecule has 0 aliphatic heterocycles. The van der Waals surface area contributed by atoms with Crippen molar-refractivity contribution < 1.29 is 0 Å². The van der Waals surface area contributed by atoms with Crippen LogP contribution in [-0.4, -0.2) is 13.6 Å². The first-order valence-corrected chi connectivity index (χ1v) is 7.80. The smallest absolute Gasteiger partial charge is 0.0471 e. The molecule has 1 N–H and O–H groups in total. The number of hydrogen-bond acceptors (Lipinski definition) is 2. The topological polar surface area (TPSA) is 15.3 Å². The largest absolute Gasteiger partial charge is 0.370 e. The minimum absolute atomic E-state index is 0.761. The summed E-state index contributed by atoms with van der Waals surface area (Å²) in [6.07, 6.45) is 0. The summed E-state index contributed by atoms with van der Waals surface area (Å²) in [5.74, 6) is 0. The molecule has 0 aliphatic carbocycles. The Hall–Kier alpha value is -1.22. The summed E-state index contributed by atoms with van der Waals surface area (Å²) in [7, 11) is 2.06.